The second-order valence-corrected chi connectivity index (χ2v) is 12.2. The summed E-state index contributed by atoms with van der Waals surface area (Å²) in [6, 6.07) is 14.7. The molecule has 0 N–H and O–H groups in total. The minimum absolute atomic E-state index is 0.0338. The molecule has 2 fully saturated rings. The average molecular weight is 484 g/mol. The van der Waals surface area contributed by atoms with Crippen LogP contribution in [-0.2, 0) is 10.0 Å². The van der Waals surface area contributed by atoms with Gasteiger partial charge >= 0.3 is 0 Å². The van der Waals surface area contributed by atoms with Gasteiger partial charge in [-0.15, -0.1) is 11.3 Å². The van der Waals surface area contributed by atoms with Crippen LogP contribution < -0.4 is 0 Å². The van der Waals surface area contributed by atoms with Gasteiger partial charge in [0.05, 0.1) is 20.1 Å². The van der Waals surface area contributed by atoms with Crippen molar-refractivity contribution < 1.29 is 13.2 Å². The molecule has 33 heavy (non-hydrogen) atoms. The smallest absolute Gasteiger partial charge is 0.253 e. The number of carbonyl (C=O) groups excluding carboxylic acids is 1. The molecule has 2 aliphatic rings. The number of amides is 1. The Morgan fingerprint density at radius 2 is 1.61 bits per heavy atom. The number of nitrogens with zero attached hydrogens (tertiary/aromatic N) is 3. The molecule has 174 valence electrons. The Bertz CT molecular complexity index is 1200. The van der Waals surface area contributed by atoms with Gasteiger partial charge in [-0.3, -0.25) is 4.79 Å². The molecule has 6 nitrogen and oxygen atoms in total. The number of fused-ring (bicyclic) bond motifs is 1. The Kier molecular flexibility index (Phi) is 6.24. The fraction of sp³-hybridized carbons (Fsp3) is 0.440. The molecule has 2 saturated heterocycles. The number of thiazole rings is 1. The summed E-state index contributed by atoms with van der Waals surface area (Å²) in [6.45, 7) is 4.66. The van der Waals surface area contributed by atoms with E-state index >= 15 is 0 Å². The maximum absolute atomic E-state index is 13.0. The van der Waals surface area contributed by atoms with E-state index in [2.05, 4.69) is 13.0 Å². The highest BCUT2D eigenvalue weighted by Gasteiger charge is 2.29. The van der Waals surface area contributed by atoms with Gasteiger partial charge in [-0.25, -0.2) is 13.4 Å². The first-order valence-electron chi connectivity index (χ1n) is 11.7. The Labute approximate surface area is 199 Å². The zero-order valence-electron chi connectivity index (χ0n) is 18.8. The number of aromatic nitrogens is 1. The Morgan fingerprint density at radius 1 is 0.939 bits per heavy atom. The van der Waals surface area contributed by atoms with E-state index < -0.39 is 10.0 Å². The van der Waals surface area contributed by atoms with E-state index in [1.165, 1.54) is 4.70 Å². The highest BCUT2D eigenvalue weighted by molar-refractivity contribution is 7.89. The minimum atomic E-state index is -3.50. The lowest BCUT2D eigenvalue weighted by Crippen LogP contribution is -2.38. The van der Waals surface area contributed by atoms with Crippen LogP contribution in [0.4, 0.5) is 0 Å². The summed E-state index contributed by atoms with van der Waals surface area (Å²) in [5.74, 6) is 0.912. The predicted molar refractivity (Wildman–Crippen MR) is 131 cm³/mol. The van der Waals surface area contributed by atoms with Crippen LogP contribution in [0.2, 0.25) is 0 Å². The van der Waals surface area contributed by atoms with E-state index in [0.717, 1.165) is 36.2 Å². The van der Waals surface area contributed by atoms with E-state index in [-0.39, 0.29) is 10.8 Å². The summed E-state index contributed by atoms with van der Waals surface area (Å²) in [7, 11) is -3.50. The van der Waals surface area contributed by atoms with E-state index in [9.17, 15) is 13.2 Å². The largest absolute Gasteiger partial charge is 0.339 e. The molecule has 3 heterocycles. The zero-order chi connectivity index (χ0) is 23.0. The van der Waals surface area contributed by atoms with E-state index in [1.807, 2.05) is 23.1 Å². The zero-order valence-corrected chi connectivity index (χ0v) is 20.4. The second-order valence-electron chi connectivity index (χ2n) is 9.20. The maximum atomic E-state index is 13.0. The van der Waals surface area contributed by atoms with Gasteiger partial charge in [0.25, 0.3) is 5.91 Å². The number of piperidine rings is 2. The number of para-hydroxylation sites is 1. The van der Waals surface area contributed by atoms with Gasteiger partial charge in [0, 0.05) is 37.7 Å². The predicted octanol–water partition coefficient (Wildman–Crippen LogP) is 4.74. The third-order valence-corrected chi connectivity index (χ3v) is 10.0. The highest BCUT2D eigenvalue weighted by Crippen LogP contribution is 2.34. The summed E-state index contributed by atoms with van der Waals surface area (Å²) >= 11 is 1.75. The lowest BCUT2D eigenvalue weighted by molar-refractivity contribution is 0.0713. The highest BCUT2D eigenvalue weighted by atomic mass is 32.2. The molecule has 0 spiro atoms. The van der Waals surface area contributed by atoms with E-state index in [1.54, 1.807) is 39.9 Å². The quantitative estimate of drug-likeness (QED) is 0.538. The molecule has 2 aromatic carbocycles. The van der Waals surface area contributed by atoms with Gasteiger partial charge in [0.2, 0.25) is 10.0 Å². The molecule has 5 rings (SSSR count). The molecule has 8 heteroatoms. The van der Waals surface area contributed by atoms with Gasteiger partial charge < -0.3 is 4.90 Å². The van der Waals surface area contributed by atoms with Crippen molar-refractivity contribution in [2.24, 2.45) is 5.92 Å². The molecule has 0 unspecified atom stereocenters. The van der Waals surface area contributed by atoms with Crippen molar-refractivity contribution >= 4 is 37.5 Å². The standard InChI is InChI=1S/C25H29N3O3S2/c1-18-10-16-28(17-11-18)33(30,31)21-8-6-20(7-9-21)25(29)27-14-12-19(13-15-27)24-26-22-4-2-3-5-23(22)32-24/h2-9,18-19H,10-17H2,1H3. The van der Waals surface area contributed by atoms with Crippen LogP contribution in [0.15, 0.2) is 53.4 Å². The molecule has 1 aromatic heterocycles. The topological polar surface area (TPSA) is 70.6 Å². The summed E-state index contributed by atoms with van der Waals surface area (Å²) in [6.07, 6.45) is 3.57. The second kappa shape index (κ2) is 9.16. The Hall–Kier alpha value is -2.29. The van der Waals surface area contributed by atoms with Crippen molar-refractivity contribution in [1.29, 1.82) is 0 Å². The molecule has 2 aliphatic heterocycles. The fourth-order valence-corrected chi connectivity index (χ4v) is 7.33. The van der Waals surface area contributed by atoms with Gasteiger partial charge in [-0.05, 0) is 68.0 Å². The Morgan fingerprint density at radius 3 is 2.27 bits per heavy atom. The number of likely N-dealkylation sites (tertiary alicyclic amines) is 1. The third kappa shape index (κ3) is 4.56. The summed E-state index contributed by atoms with van der Waals surface area (Å²) in [4.78, 5) is 20.0. The van der Waals surface area contributed by atoms with Crippen LogP contribution in [0.25, 0.3) is 10.2 Å². The lowest BCUT2D eigenvalue weighted by atomic mass is 9.97. The van der Waals surface area contributed by atoms with Crippen molar-refractivity contribution in [1.82, 2.24) is 14.2 Å². The molecule has 0 atom stereocenters. The van der Waals surface area contributed by atoms with Crippen molar-refractivity contribution in [3.05, 3.63) is 59.1 Å². The average Bonchev–Trinajstić information content (AvgIpc) is 3.28. The minimum Gasteiger partial charge on any atom is -0.339 e. The van der Waals surface area contributed by atoms with E-state index in [0.29, 0.717) is 43.6 Å². The Balaban J connectivity index is 1.22. The van der Waals surface area contributed by atoms with Crippen LogP contribution >= 0.6 is 11.3 Å². The van der Waals surface area contributed by atoms with Crippen molar-refractivity contribution in [3.8, 4) is 0 Å². The number of hydrogen-bond acceptors (Lipinski definition) is 5. The molecular formula is C25H29N3O3S2. The van der Waals surface area contributed by atoms with Crippen LogP contribution in [-0.4, -0.2) is 54.7 Å². The molecule has 0 aliphatic carbocycles. The lowest BCUT2D eigenvalue weighted by Gasteiger charge is -2.31. The van der Waals surface area contributed by atoms with Crippen LogP contribution in [0.3, 0.4) is 0 Å². The van der Waals surface area contributed by atoms with Gasteiger partial charge in [0.1, 0.15) is 0 Å². The summed E-state index contributed by atoms with van der Waals surface area (Å²) < 4.78 is 28.7. The number of carbonyl (C=O) groups is 1. The summed E-state index contributed by atoms with van der Waals surface area (Å²) in [5, 5.41) is 1.16. The van der Waals surface area contributed by atoms with Crippen LogP contribution in [0.5, 0.6) is 0 Å². The molecule has 0 radical (unpaired) electrons. The van der Waals surface area contributed by atoms with Crippen molar-refractivity contribution in [2.75, 3.05) is 26.2 Å². The molecule has 0 bridgehead atoms. The van der Waals surface area contributed by atoms with Gasteiger partial charge in [-0.1, -0.05) is 19.1 Å². The maximum Gasteiger partial charge on any atom is 0.253 e. The fourth-order valence-electron chi connectivity index (χ4n) is 4.72. The number of benzene rings is 2. The van der Waals surface area contributed by atoms with Crippen LogP contribution in [0.1, 0.15) is 53.9 Å². The first-order chi connectivity index (χ1) is 15.9. The van der Waals surface area contributed by atoms with Crippen LogP contribution in [0, 0.1) is 5.92 Å². The number of rotatable bonds is 4. The van der Waals surface area contributed by atoms with Gasteiger partial charge in [-0.2, -0.15) is 4.31 Å². The normalized spacial score (nSPS) is 19.2. The number of sulfonamides is 1. The van der Waals surface area contributed by atoms with Crippen molar-refractivity contribution in [3.63, 3.8) is 0 Å². The van der Waals surface area contributed by atoms with Gasteiger partial charge in [0.15, 0.2) is 0 Å². The first kappa shape index (κ1) is 22.5. The summed E-state index contributed by atoms with van der Waals surface area (Å²) in [5.41, 5.74) is 1.59. The SMILES string of the molecule is CC1CCN(S(=O)(=O)c2ccc(C(=O)N3CCC(c4nc5ccccc5s4)CC3)cc2)CC1. The molecule has 1 amide bonds. The molecule has 3 aromatic rings. The molecule has 0 saturated carbocycles. The van der Waals surface area contributed by atoms with E-state index in [4.69, 9.17) is 4.98 Å². The molecular weight excluding hydrogens is 454 g/mol. The number of hydrogen-bond donors (Lipinski definition) is 0. The monoisotopic (exact) mass is 483 g/mol. The first-order valence-corrected chi connectivity index (χ1v) is 13.9. The van der Waals surface area contributed by atoms with Crippen molar-refractivity contribution in [2.45, 2.75) is 43.4 Å². The third-order valence-electron chi connectivity index (χ3n) is 6.92.